The highest BCUT2D eigenvalue weighted by molar-refractivity contribution is 6.02. The van der Waals surface area contributed by atoms with Crippen molar-refractivity contribution < 1.29 is 13.9 Å². The SMILES string of the molecule is Cc1cc2nccc(Oc3cnc(NC(=O)c4nn(C5CC5)cc(-c5ccc(F)cc5)c4=O)nc3)c2cc1C. The molecule has 1 aliphatic carbocycles. The second-order valence-corrected chi connectivity index (χ2v) is 9.50. The zero-order valence-electron chi connectivity index (χ0n) is 21.2. The number of nitrogens with one attached hydrogen (secondary N) is 1. The standard InChI is InChI=1S/C29H23FN6O3/c1-16-11-22-24(12-17(16)2)31-10-9-25(22)39-21-13-32-29(33-14-21)34-28(38)26-27(37)23(15-36(35-26)20-7-8-20)18-3-5-19(30)6-4-18/h3-6,9-15,20H,7-8H2,1-2H3,(H,32,33,34,38). The molecule has 0 spiro atoms. The molecule has 3 heterocycles. The zero-order valence-corrected chi connectivity index (χ0v) is 21.2. The molecule has 6 rings (SSSR count). The van der Waals surface area contributed by atoms with Crippen LogP contribution in [0.1, 0.15) is 40.5 Å². The molecule has 1 saturated carbocycles. The van der Waals surface area contributed by atoms with Crippen molar-refractivity contribution in [1.29, 1.82) is 0 Å². The monoisotopic (exact) mass is 522 g/mol. The van der Waals surface area contributed by atoms with Crippen molar-refractivity contribution in [3.05, 3.63) is 100 Å². The maximum absolute atomic E-state index is 13.4. The third kappa shape index (κ3) is 4.96. The Bertz CT molecular complexity index is 1780. The highest BCUT2D eigenvalue weighted by atomic mass is 19.1. The number of aryl methyl sites for hydroxylation is 2. The molecular weight excluding hydrogens is 499 g/mol. The predicted octanol–water partition coefficient (Wildman–Crippen LogP) is 5.38. The number of ether oxygens (including phenoxy) is 1. The number of nitrogens with zero attached hydrogens (tertiary/aromatic N) is 5. The summed E-state index contributed by atoms with van der Waals surface area (Å²) >= 11 is 0. The van der Waals surface area contributed by atoms with E-state index in [-0.39, 0.29) is 23.2 Å². The minimum atomic E-state index is -0.738. The Morgan fingerprint density at radius 1 is 1.03 bits per heavy atom. The summed E-state index contributed by atoms with van der Waals surface area (Å²) in [6, 6.07) is 11.4. The van der Waals surface area contributed by atoms with Crippen LogP contribution in [0.2, 0.25) is 0 Å². The smallest absolute Gasteiger partial charge is 0.282 e. The average Bonchev–Trinajstić information content (AvgIpc) is 3.77. The Morgan fingerprint density at radius 3 is 2.46 bits per heavy atom. The summed E-state index contributed by atoms with van der Waals surface area (Å²) in [7, 11) is 0. The topological polar surface area (TPSA) is 112 Å². The minimum Gasteiger partial charge on any atom is -0.453 e. The molecule has 3 aromatic heterocycles. The number of hydrogen-bond donors (Lipinski definition) is 1. The van der Waals surface area contributed by atoms with E-state index in [2.05, 4.69) is 25.4 Å². The molecule has 0 radical (unpaired) electrons. The van der Waals surface area contributed by atoms with Crippen molar-refractivity contribution in [2.75, 3.05) is 5.32 Å². The Morgan fingerprint density at radius 2 is 1.74 bits per heavy atom. The van der Waals surface area contributed by atoms with Crippen molar-refractivity contribution >= 4 is 22.8 Å². The number of hydrogen-bond acceptors (Lipinski definition) is 7. The molecular formula is C29H23FN6O3. The van der Waals surface area contributed by atoms with Crippen molar-refractivity contribution in [3.63, 3.8) is 0 Å². The van der Waals surface area contributed by atoms with Gasteiger partial charge in [0.25, 0.3) is 5.91 Å². The van der Waals surface area contributed by atoms with Gasteiger partial charge in [0.05, 0.1) is 24.0 Å². The number of halogens is 1. The van der Waals surface area contributed by atoms with Crippen LogP contribution in [0.15, 0.2) is 72.0 Å². The number of fused-ring (bicyclic) bond motifs is 1. The summed E-state index contributed by atoms with van der Waals surface area (Å²) in [6.45, 7) is 4.05. The Balaban J connectivity index is 1.24. The van der Waals surface area contributed by atoms with E-state index in [9.17, 15) is 14.0 Å². The minimum absolute atomic E-state index is 0.00948. The van der Waals surface area contributed by atoms with Gasteiger partial charge in [0.2, 0.25) is 11.4 Å². The van der Waals surface area contributed by atoms with Crippen LogP contribution in [-0.2, 0) is 0 Å². The number of aromatic nitrogens is 5. The lowest BCUT2D eigenvalue weighted by atomic mass is 10.1. The molecule has 0 atom stereocenters. The Hall–Kier alpha value is -4.99. The Labute approximate surface area is 222 Å². The first-order valence-corrected chi connectivity index (χ1v) is 12.4. The van der Waals surface area contributed by atoms with Crippen molar-refractivity contribution in [3.8, 4) is 22.6 Å². The van der Waals surface area contributed by atoms with Gasteiger partial charge in [-0.2, -0.15) is 5.10 Å². The van der Waals surface area contributed by atoms with E-state index in [0.29, 0.717) is 17.1 Å². The molecule has 0 bridgehead atoms. The van der Waals surface area contributed by atoms with Crippen LogP contribution < -0.4 is 15.5 Å². The van der Waals surface area contributed by atoms with Gasteiger partial charge in [-0.15, -0.1) is 0 Å². The fourth-order valence-corrected chi connectivity index (χ4v) is 4.21. The van der Waals surface area contributed by atoms with E-state index in [1.54, 1.807) is 23.1 Å². The van der Waals surface area contributed by atoms with Gasteiger partial charge in [-0.25, -0.2) is 14.4 Å². The highest BCUT2D eigenvalue weighted by Gasteiger charge is 2.27. The van der Waals surface area contributed by atoms with Gasteiger partial charge in [-0.3, -0.25) is 24.6 Å². The van der Waals surface area contributed by atoms with Crippen LogP contribution >= 0.6 is 0 Å². The van der Waals surface area contributed by atoms with Gasteiger partial charge >= 0.3 is 0 Å². The van der Waals surface area contributed by atoms with Crippen LogP contribution in [0.4, 0.5) is 10.3 Å². The summed E-state index contributed by atoms with van der Waals surface area (Å²) < 4.78 is 21.1. The van der Waals surface area contributed by atoms with E-state index in [0.717, 1.165) is 34.9 Å². The largest absolute Gasteiger partial charge is 0.453 e. The number of rotatable bonds is 6. The van der Waals surface area contributed by atoms with Crippen molar-refractivity contribution in [2.45, 2.75) is 32.7 Å². The van der Waals surface area contributed by atoms with Gasteiger partial charge in [-0.05, 0) is 73.7 Å². The van der Waals surface area contributed by atoms with Crippen LogP contribution in [0.5, 0.6) is 11.5 Å². The maximum Gasteiger partial charge on any atom is 0.282 e. The summed E-state index contributed by atoms with van der Waals surface area (Å²) in [5.41, 5.74) is 2.98. The number of carbonyl (C=O) groups excluding carboxylic acids is 1. The third-order valence-electron chi connectivity index (χ3n) is 6.63. The number of anilines is 1. The van der Waals surface area contributed by atoms with Gasteiger partial charge in [0.15, 0.2) is 11.4 Å². The van der Waals surface area contributed by atoms with Crippen LogP contribution in [0.3, 0.4) is 0 Å². The average molecular weight is 523 g/mol. The quantitative estimate of drug-likeness (QED) is 0.318. The molecule has 2 aromatic carbocycles. The number of benzene rings is 2. The molecule has 1 N–H and O–H groups in total. The second kappa shape index (κ2) is 9.71. The van der Waals surface area contributed by atoms with Crippen LogP contribution in [-0.4, -0.2) is 30.6 Å². The molecule has 194 valence electrons. The molecule has 0 aliphatic heterocycles. The van der Waals surface area contributed by atoms with Gasteiger partial charge in [0, 0.05) is 23.3 Å². The molecule has 1 fully saturated rings. The summed E-state index contributed by atoms with van der Waals surface area (Å²) in [5.74, 6) is -0.194. The van der Waals surface area contributed by atoms with Gasteiger partial charge in [-0.1, -0.05) is 12.1 Å². The molecule has 5 aromatic rings. The molecule has 10 heteroatoms. The van der Waals surface area contributed by atoms with Gasteiger partial charge < -0.3 is 4.74 Å². The number of amides is 1. The lowest BCUT2D eigenvalue weighted by Crippen LogP contribution is -2.28. The molecule has 1 aliphatic rings. The first-order chi connectivity index (χ1) is 18.9. The lowest BCUT2D eigenvalue weighted by Gasteiger charge is -2.11. The summed E-state index contributed by atoms with van der Waals surface area (Å²) in [5, 5.41) is 7.69. The number of carbonyl (C=O) groups is 1. The molecule has 39 heavy (non-hydrogen) atoms. The van der Waals surface area contributed by atoms with E-state index >= 15 is 0 Å². The van der Waals surface area contributed by atoms with E-state index in [4.69, 9.17) is 4.74 Å². The van der Waals surface area contributed by atoms with Crippen molar-refractivity contribution in [1.82, 2.24) is 24.7 Å². The lowest BCUT2D eigenvalue weighted by molar-refractivity contribution is 0.101. The maximum atomic E-state index is 13.4. The van der Waals surface area contributed by atoms with E-state index in [1.165, 1.54) is 36.7 Å². The summed E-state index contributed by atoms with van der Waals surface area (Å²) in [6.07, 6.45) is 7.94. The summed E-state index contributed by atoms with van der Waals surface area (Å²) in [4.78, 5) is 39.0. The fourth-order valence-electron chi connectivity index (χ4n) is 4.21. The molecule has 1 amide bonds. The molecule has 9 nitrogen and oxygen atoms in total. The highest BCUT2D eigenvalue weighted by Crippen LogP contribution is 2.34. The second-order valence-electron chi connectivity index (χ2n) is 9.50. The Kier molecular flexibility index (Phi) is 6.07. The molecule has 0 saturated heterocycles. The van der Waals surface area contributed by atoms with Crippen LogP contribution in [0.25, 0.3) is 22.0 Å². The number of pyridine rings is 1. The third-order valence-corrected chi connectivity index (χ3v) is 6.63. The van der Waals surface area contributed by atoms with E-state index in [1.807, 2.05) is 26.0 Å². The van der Waals surface area contributed by atoms with Crippen LogP contribution in [0, 0.1) is 19.7 Å². The van der Waals surface area contributed by atoms with Crippen molar-refractivity contribution in [2.24, 2.45) is 0 Å². The fraction of sp³-hybridized carbons (Fsp3) is 0.172. The van der Waals surface area contributed by atoms with Gasteiger partial charge in [0.1, 0.15) is 11.6 Å². The normalized spacial score (nSPS) is 12.9. The first-order valence-electron chi connectivity index (χ1n) is 12.4. The zero-order chi connectivity index (χ0) is 27.1. The molecule has 0 unspecified atom stereocenters. The van der Waals surface area contributed by atoms with E-state index < -0.39 is 17.2 Å². The first kappa shape index (κ1) is 24.4. The predicted molar refractivity (Wildman–Crippen MR) is 143 cm³/mol.